The van der Waals surface area contributed by atoms with E-state index in [2.05, 4.69) is 41.6 Å². The lowest BCUT2D eigenvalue weighted by atomic mass is 9.83. The van der Waals surface area contributed by atoms with E-state index in [0.717, 1.165) is 11.4 Å². The molecule has 0 aromatic carbocycles. The zero-order valence-electron chi connectivity index (χ0n) is 11.3. The van der Waals surface area contributed by atoms with E-state index < -0.39 is 0 Å². The van der Waals surface area contributed by atoms with Gasteiger partial charge in [0.2, 0.25) is 0 Å². The maximum atomic E-state index is 3.73. The zero-order valence-corrected chi connectivity index (χ0v) is 12.9. The molecule has 1 nitrogen and oxygen atoms in total. The van der Waals surface area contributed by atoms with Crippen LogP contribution in [0.15, 0.2) is 0 Å². The fourth-order valence-electron chi connectivity index (χ4n) is 2.70. The third kappa shape index (κ3) is 3.73. The summed E-state index contributed by atoms with van der Waals surface area (Å²) in [6, 6.07) is 0.791. The molecule has 0 radical (unpaired) electrons. The number of alkyl halides is 1. The highest BCUT2D eigenvalue weighted by Gasteiger charge is 2.29. The molecule has 96 valence electrons. The second-order valence-corrected chi connectivity index (χ2v) is 6.07. The molecule has 0 aromatic heterocycles. The van der Waals surface area contributed by atoms with Gasteiger partial charge in [-0.25, -0.2) is 0 Å². The van der Waals surface area contributed by atoms with Crippen LogP contribution < -0.4 is 0 Å². The van der Waals surface area contributed by atoms with Crippen molar-refractivity contribution in [3.8, 4) is 0 Å². The molecular formula is C14H28BrN. The molecule has 0 amide bonds. The van der Waals surface area contributed by atoms with Gasteiger partial charge in [0, 0.05) is 17.9 Å². The van der Waals surface area contributed by atoms with Crippen LogP contribution in [0.5, 0.6) is 0 Å². The van der Waals surface area contributed by atoms with Crippen molar-refractivity contribution in [1.29, 1.82) is 0 Å². The molecule has 2 heteroatoms. The number of nitrogens with zero attached hydrogens (tertiary/aromatic N) is 1. The SMILES string of the molecule is CCC(CC)(CBr)CN1CCCCCC1C. The molecule has 0 aromatic rings. The standard InChI is InChI=1S/C14H28BrN/c1-4-14(5-2,11-15)12-16-10-8-6-7-9-13(16)3/h13H,4-12H2,1-3H3. The van der Waals surface area contributed by atoms with Gasteiger partial charge in [-0.1, -0.05) is 42.6 Å². The van der Waals surface area contributed by atoms with Gasteiger partial charge in [0.25, 0.3) is 0 Å². The average molecular weight is 290 g/mol. The van der Waals surface area contributed by atoms with Gasteiger partial charge in [0.05, 0.1) is 0 Å². The number of rotatable bonds is 5. The highest BCUT2D eigenvalue weighted by atomic mass is 79.9. The van der Waals surface area contributed by atoms with Gasteiger partial charge in [0.1, 0.15) is 0 Å². The van der Waals surface area contributed by atoms with Crippen LogP contribution in [0.4, 0.5) is 0 Å². The van der Waals surface area contributed by atoms with Crippen molar-refractivity contribution in [3.63, 3.8) is 0 Å². The lowest BCUT2D eigenvalue weighted by molar-refractivity contribution is 0.125. The molecule has 1 fully saturated rings. The molecule has 1 rings (SSSR count). The van der Waals surface area contributed by atoms with Crippen LogP contribution in [-0.2, 0) is 0 Å². The van der Waals surface area contributed by atoms with Crippen molar-refractivity contribution in [2.45, 2.75) is 65.3 Å². The molecule has 1 aliphatic rings. The van der Waals surface area contributed by atoms with E-state index >= 15 is 0 Å². The molecule has 1 aliphatic heterocycles. The first kappa shape index (κ1) is 14.5. The lowest BCUT2D eigenvalue weighted by Gasteiger charge is -2.38. The molecule has 0 saturated carbocycles. The quantitative estimate of drug-likeness (QED) is 0.676. The van der Waals surface area contributed by atoms with E-state index in [1.54, 1.807) is 0 Å². The minimum atomic E-state index is 0.499. The van der Waals surface area contributed by atoms with Crippen LogP contribution in [0.3, 0.4) is 0 Å². The summed E-state index contributed by atoms with van der Waals surface area (Å²) in [5.74, 6) is 0. The number of hydrogen-bond donors (Lipinski definition) is 0. The number of halogens is 1. The van der Waals surface area contributed by atoms with Crippen LogP contribution in [0, 0.1) is 5.41 Å². The lowest BCUT2D eigenvalue weighted by Crippen LogP contribution is -2.42. The Morgan fingerprint density at radius 1 is 1.19 bits per heavy atom. The molecule has 1 heterocycles. The van der Waals surface area contributed by atoms with Gasteiger partial charge in [-0.2, -0.15) is 0 Å². The van der Waals surface area contributed by atoms with Crippen LogP contribution >= 0.6 is 15.9 Å². The summed E-state index contributed by atoms with van der Waals surface area (Å²) in [4.78, 5) is 2.74. The molecule has 1 saturated heterocycles. The van der Waals surface area contributed by atoms with Crippen LogP contribution in [-0.4, -0.2) is 29.4 Å². The van der Waals surface area contributed by atoms with Crippen molar-refractivity contribution in [3.05, 3.63) is 0 Å². The summed E-state index contributed by atoms with van der Waals surface area (Å²) < 4.78 is 0. The molecule has 1 atom stereocenters. The highest BCUT2D eigenvalue weighted by molar-refractivity contribution is 9.09. The van der Waals surface area contributed by atoms with Gasteiger partial charge in [-0.05, 0) is 44.6 Å². The minimum absolute atomic E-state index is 0.499. The highest BCUT2D eigenvalue weighted by Crippen LogP contribution is 2.31. The Morgan fingerprint density at radius 2 is 1.88 bits per heavy atom. The van der Waals surface area contributed by atoms with Crippen molar-refractivity contribution in [2.75, 3.05) is 18.4 Å². The smallest absolute Gasteiger partial charge is 0.01000 e. The fourth-order valence-corrected chi connectivity index (χ4v) is 3.68. The first-order chi connectivity index (χ1) is 7.67. The van der Waals surface area contributed by atoms with E-state index in [1.807, 2.05) is 0 Å². The van der Waals surface area contributed by atoms with Gasteiger partial charge >= 0.3 is 0 Å². The number of hydrogen-bond acceptors (Lipinski definition) is 1. The van der Waals surface area contributed by atoms with E-state index in [-0.39, 0.29) is 0 Å². The van der Waals surface area contributed by atoms with E-state index in [9.17, 15) is 0 Å². The van der Waals surface area contributed by atoms with Crippen molar-refractivity contribution in [2.24, 2.45) is 5.41 Å². The first-order valence-corrected chi connectivity index (χ1v) is 8.09. The van der Waals surface area contributed by atoms with E-state index in [1.165, 1.54) is 51.6 Å². The largest absolute Gasteiger partial charge is 0.300 e. The maximum absolute atomic E-state index is 3.73. The Bertz CT molecular complexity index is 181. The van der Waals surface area contributed by atoms with Crippen molar-refractivity contribution in [1.82, 2.24) is 4.90 Å². The Labute approximate surface area is 110 Å². The van der Waals surface area contributed by atoms with Gasteiger partial charge in [-0.15, -0.1) is 0 Å². The third-order valence-corrected chi connectivity index (χ3v) is 5.70. The van der Waals surface area contributed by atoms with Crippen LogP contribution in [0.1, 0.15) is 59.3 Å². The second-order valence-electron chi connectivity index (χ2n) is 5.51. The summed E-state index contributed by atoms with van der Waals surface area (Å²) in [7, 11) is 0. The Morgan fingerprint density at radius 3 is 2.44 bits per heavy atom. The molecule has 0 bridgehead atoms. The molecular weight excluding hydrogens is 262 g/mol. The molecule has 0 N–H and O–H groups in total. The summed E-state index contributed by atoms with van der Waals surface area (Å²) in [6.45, 7) is 9.69. The third-order valence-electron chi connectivity index (χ3n) is 4.51. The van der Waals surface area contributed by atoms with E-state index in [4.69, 9.17) is 0 Å². The Balaban J connectivity index is 2.60. The summed E-state index contributed by atoms with van der Waals surface area (Å²) >= 11 is 3.73. The first-order valence-electron chi connectivity index (χ1n) is 6.97. The van der Waals surface area contributed by atoms with Crippen LogP contribution in [0.2, 0.25) is 0 Å². The van der Waals surface area contributed by atoms with Crippen molar-refractivity contribution < 1.29 is 0 Å². The van der Waals surface area contributed by atoms with Crippen molar-refractivity contribution >= 4 is 15.9 Å². The molecule has 1 unspecified atom stereocenters. The second kappa shape index (κ2) is 7.00. The Hall–Kier alpha value is 0.440. The predicted molar refractivity (Wildman–Crippen MR) is 76.3 cm³/mol. The van der Waals surface area contributed by atoms with E-state index in [0.29, 0.717) is 5.41 Å². The fraction of sp³-hybridized carbons (Fsp3) is 1.00. The Kier molecular flexibility index (Phi) is 6.35. The minimum Gasteiger partial charge on any atom is -0.300 e. The number of likely N-dealkylation sites (tertiary alicyclic amines) is 1. The summed E-state index contributed by atoms with van der Waals surface area (Å²) in [5, 5.41) is 1.15. The van der Waals surface area contributed by atoms with Crippen LogP contribution in [0.25, 0.3) is 0 Å². The van der Waals surface area contributed by atoms with Gasteiger partial charge in [-0.3, -0.25) is 0 Å². The summed E-state index contributed by atoms with van der Waals surface area (Å²) in [6.07, 6.45) is 8.23. The maximum Gasteiger partial charge on any atom is 0.01000 e. The zero-order chi connectivity index (χ0) is 12.0. The average Bonchev–Trinajstić information content (AvgIpc) is 2.52. The van der Waals surface area contributed by atoms with Gasteiger partial charge in [0.15, 0.2) is 0 Å². The monoisotopic (exact) mass is 289 g/mol. The van der Waals surface area contributed by atoms with Gasteiger partial charge < -0.3 is 4.90 Å². The molecule has 0 spiro atoms. The summed E-state index contributed by atoms with van der Waals surface area (Å²) in [5.41, 5.74) is 0.499. The molecule has 16 heavy (non-hydrogen) atoms. The topological polar surface area (TPSA) is 3.24 Å². The predicted octanol–water partition coefficient (Wildman–Crippen LogP) is 4.45. The molecule has 0 aliphatic carbocycles. The normalized spacial score (nSPS) is 24.4.